The summed E-state index contributed by atoms with van der Waals surface area (Å²) in [5.74, 6) is 1.01. The minimum atomic E-state index is -0.900. The monoisotopic (exact) mass is 272 g/mol. The summed E-state index contributed by atoms with van der Waals surface area (Å²) in [6, 6.07) is 3.37. The summed E-state index contributed by atoms with van der Waals surface area (Å²) in [6.45, 7) is 0. The molecule has 1 aromatic heterocycles. The van der Waals surface area contributed by atoms with Gasteiger partial charge in [-0.1, -0.05) is 12.8 Å². The van der Waals surface area contributed by atoms with Crippen molar-refractivity contribution in [3.05, 3.63) is 21.9 Å². The van der Waals surface area contributed by atoms with Crippen LogP contribution in [0.25, 0.3) is 0 Å². The molecule has 1 aliphatic carbocycles. The van der Waals surface area contributed by atoms with Gasteiger partial charge >= 0.3 is 5.97 Å². The fourth-order valence-electron chi connectivity index (χ4n) is 2.23. The highest BCUT2D eigenvalue weighted by molar-refractivity contribution is 7.84. The van der Waals surface area contributed by atoms with Crippen LogP contribution in [0, 0.1) is 5.92 Å². The van der Waals surface area contributed by atoms with E-state index in [1.807, 2.05) is 0 Å². The van der Waals surface area contributed by atoms with E-state index in [-0.39, 0.29) is 0 Å². The fourth-order valence-corrected chi connectivity index (χ4v) is 4.89. The Morgan fingerprint density at radius 3 is 2.71 bits per heavy atom. The fraction of sp³-hybridized carbons (Fsp3) is 0.583. The zero-order chi connectivity index (χ0) is 12.3. The van der Waals surface area contributed by atoms with Crippen molar-refractivity contribution >= 4 is 28.1 Å². The zero-order valence-corrected chi connectivity index (χ0v) is 11.2. The summed E-state index contributed by atoms with van der Waals surface area (Å²) in [6.07, 6.45) is 4.95. The molecule has 0 aromatic carbocycles. The Morgan fingerprint density at radius 1 is 1.41 bits per heavy atom. The van der Waals surface area contributed by atoms with Gasteiger partial charge in [0.25, 0.3) is 0 Å². The second-order valence-electron chi connectivity index (χ2n) is 4.47. The largest absolute Gasteiger partial charge is 0.477 e. The molecular formula is C12H16O3S2. The molecule has 1 atom stereocenters. The molecule has 1 aliphatic rings. The molecule has 0 amide bonds. The Morgan fingerprint density at radius 2 is 2.12 bits per heavy atom. The lowest BCUT2D eigenvalue weighted by atomic mass is 10.1. The van der Waals surface area contributed by atoms with Crippen LogP contribution in [0.2, 0.25) is 0 Å². The summed E-state index contributed by atoms with van der Waals surface area (Å²) < 4.78 is 11.9. The van der Waals surface area contributed by atoms with Crippen molar-refractivity contribution in [2.24, 2.45) is 5.92 Å². The first-order valence-corrected chi connectivity index (χ1v) is 8.12. The summed E-state index contributed by atoms with van der Waals surface area (Å²) >= 11 is 1.23. The van der Waals surface area contributed by atoms with Crippen LogP contribution in [-0.2, 0) is 16.6 Å². The highest BCUT2D eigenvalue weighted by atomic mass is 32.2. The number of carboxylic acids is 1. The van der Waals surface area contributed by atoms with Crippen LogP contribution in [-0.4, -0.2) is 21.0 Å². The number of carbonyl (C=O) groups is 1. The summed E-state index contributed by atoms with van der Waals surface area (Å²) in [7, 11) is -0.843. The first-order chi connectivity index (χ1) is 8.15. The maximum atomic E-state index is 11.9. The van der Waals surface area contributed by atoms with Crippen molar-refractivity contribution < 1.29 is 14.1 Å². The number of aromatic carboxylic acids is 1. The summed E-state index contributed by atoms with van der Waals surface area (Å²) in [5, 5.41) is 8.80. The highest BCUT2D eigenvalue weighted by Gasteiger charge is 2.18. The third kappa shape index (κ3) is 3.64. The molecule has 3 nitrogen and oxygen atoms in total. The second-order valence-corrected chi connectivity index (χ2v) is 7.14. The molecule has 1 saturated carbocycles. The Bertz CT molecular complexity index is 419. The van der Waals surface area contributed by atoms with Crippen LogP contribution in [0.3, 0.4) is 0 Å². The Labute approximate surface area is 107 Å². The summed E-state index contributed by atoms with van der Waals surface area (Å²) in [4.78, 5) is 12.0. The topological polar surface area (TPSA) is 54.4 Å². The quantitative estimate of drug-likeness (QED) is 0.896. The number of rotatable bonds is 5. The van der Waals surface area contributed by atoms with Crippen LogP contribution in [0.5, 0.6) is 0 Å². The van der Waals surface area contributed by atoms with E-state index in [1.165, 1.54) is 37.0 Å². The molecule has 1 heterocycles. The number of thiophene rings is 1. The molecule has 0 spiro atoms. The molecule has 2 rings (SSSR count). The van der Waals surface area contributed by atoms with E-state index in [0.29, 0.717) is 16.5 Å². The second kappa shape index (κ2) is 5.78. The van der Waals surface area contributed by atoms with Gasteiger partial charge in [-0.3, -0.25) is 4.21 Å². The van der Waals surface area contributed by atoms with Crippen molar-refractivity contribution in [1.29, 1.82) is 0 Å². The predicted octanol–water partition coefficient (Wildman–Crippen LogP) is 2.89. The molecule has 0 radical (unpaired) electrons. The van der Waals surface area contributed by atoms with Crippen molar-refractivity contribution in [2.75, 3.05) is 5.75 Å². The SMILES string of the molecule is O=C(O)c1ccc(CS(=O)CC2CCCC2)s1. The molecule has 94 valence electrons. The van der Waals surface area contributed by atoms with E-state index in [0.717, 1.165) is 10.6 Å². The van der Waals surface area contributed by atoms with Gasteiger partial charge in [0.1, 0.15) is 4.88 Å². The van der Waals surface area contributed by atoms with E-state index in [4.69, 9.17) is 5.11 Å². The van der Waals surface area contributed by atoms with Gasteiger partial charge in [-0.25, -0.2) is 4.79 Å². The van der Waals surface area contributed by atoms with Gasteiger partial charge in [0.2, 0.25) is 0 Å². The normalized spacial score (nSPS) is 18.4. The standard InChI is InChI=1S/C12H16O3S2/c13-12(14)11-6-5-10(16-11)8-17(15)7-9-3-1-2-4-9/h5-6,9H,1-4,7-8H2,(H,13,14). The van der Waals surface area contributed by atoms with Crippen molar-refractivity contribution in [3.8, 4) is 0 Å². The van der Waals surface area contributed by atoms with Crippen LogP contribution in [0.1, 0.15) is 40.2 Å². The van der Waals surface area contributed by atoms with Crippen LogP contribution >= 0.6 is 11.3 Å². The molecule has 1 unspecified atom stereocenters. The zero-order valence-electron chi connectivity index (χ0n) is 9.55. The van der Waals surface area contributed by atoms with Crippen molar-refractivity contribution in [2.45, 2.75) is 31.4 Å². The lowest BCUT2D eigenvalue weighted by Gasteiger charge is -2.07. The van der Waals surface area contributed by atoms with Gasteiger partial charge in [-0.15, -0.1) is 11.3 Å². The molecule has 1 fully saturated rings. The van der Waals surface area contributed by atoms with Crippen molar-refractivity contribution in [3.63, 3.8) is 0 Å². The van der Waals surface area contributed by atoms with Gasteiger partial charge in [-0.2, -0.15) is 0 Å². The molecule has 5 heteroatoms. The Hall–Kier alpha value is -0.680. The number of carboxylic acid groups (broad SMARTS) is 1. The number of hydrogen-bond donors (Lipinski definition) is 1. The Balaban J connectivity index is 1.86. The van der Waals surface area contributed by atoms with Gasteiger partial charge in [-0.05, 0) is 30.9 Å². The van der Waals surface area contributed by atoms with Crippen LogP contribution in [0.4, 0.5) is 0 Å². The van der Waals surface area contributed by atoms with Gasteiger partial charge < -0.3 is 5.11 Å². The third-order valence-corrected chi connectivity index (χ3v) is 5.80. The smallest absolute Gasteiger partial charge is 0.345 e. The van der Waals surface area contributed by atoms with E-state index in [2.05, 4.69) is 0 Å². The number of hydrogen-bond acceptors (Lipinski definition) is 3. The van der Waals surface area contributed by atoms with Crippen LogP contribution in [0.15, 0.2) is 12.1 Å². The first-order valence-electron chi connectivity index (χ1n) is 5.82. The average Bonchev–Trinajstić information content (AvgIpc) is 2.88. The Kier molecular flexibility index (Phi) is 4.34. The van der Waals surface area contributed by atoms with E-state index >= 15 is 0 Å². The maximum Gasteiger partial charge on any atom is 0.345 e. The van der Waals surface area contributed by atoms with E-state index in [1.54, 1.807) is 12.1 Å². The summed E-state index contributed by atoms with van der Waals surface area (Å²) in [5.41, 5.74) is 0. The minimum absolute atomic E-state index is 0.331. The van der Waals surface area contributed by atoms with Crippen molar-refractivity contribution in [1.82, 2.24) is 0 Å². The molecular weight excluding hydrogens is 256 g/mol. The maximum absolute atomic E-state index is 11.9. The molecule has 0 bridgehead atoms. The predicted molar refractivity (Wildman–Crippen MR) is 69.9 cm³/mol. The third-order valence-electron chi connectivity index (χ3n) is 3.07. The van der Waals surface area contributed by atoms with E-state index in [9.17, 15) is 9.00 Å². The van der Waals surface area contributed by atoms with Crippen LogP contribution < -0.4 is 0 Å². The van der Waals surface area contributed by atoms with Gasteiger partial charge in [0, 0.05) is 21.4 Å². The molecule has 1 N–H and O–H groups in total. The first kappa shape index (κ1) is 12.8. The lowest BCUT2D eigenvalue weighted by molar-refractivity contribution is 0.0702. The molecule has 17 heavy (non-hydrogen) atoms. The molecule has 0 saturated heterocycles. The molecule has 0 aliphatic heterocycles. The average molecular weight is 272 g/mol. The van der Waals surface area contributed by atoms with Gasteiger partial charge in [0.15, 0.2) is 0 Å². The highest BCUT2D eigenvalue weighted by Crippen LogP contribution is 2.26. The minimum Gasteiger partial charge on any atom is -0.477 e. The van der Waals surface area contributed by atoms with Gasteiger partial charge in [0.05, 0.1) is 5.75 Å². The van der Waals surface area contributed by atoms with E-state index < -0.39 is 16.8 Å². The molecule has 1 aromatic rings. The lowest BCUT2D eigenvalue weighted by Crippen LogP contribution is -2.08.